The van der Waals surface area contributed by atoms with Crippen molar-refractivity contribution in [3.8, 4) is 17.2 Å². The maximum atomic E-state index is 12.2. The molecule has 170 valence electrons. The van der Waals surface area contributed by atoms with Crippen LogP contribution < -0.4 is 4.74 Å². The number of phenolic OH excluding ortho intramolecular Hbond substituents is 2. The van der Waals surface area contributed by atoms with E-state index in [-0.39, 0.29) is 35.0 Å². The molecule has 0 spiro atoms. The van der Waals surface area contributed by atoms with Crippen LogP contribution in [0.25, 0.3) is 0 Å². The van der Waals surface area contributed by atoms with E-state index < -0.39 is 0 Å². The third kappa shape index (κ3) is 9.25. The number of Topliss-reactive ketones (excluding diaryl/α,β-unsaturated/α-hetero) is 1. The number of phenols is 2. The lowest BCUT2D eigenvalue weighted by atomic mass is 10.0. The van der Waals surface area contributed by atoms with E-state index in [1.807, 2.05) is 6.08 Å². The van der Waals surface area contributed by atoms with Gasteiger partial charge in [-0.25, -0.2) is 0 Å². The molecular formula is C28H34O4. The number of hydrogen-bond donors (Lipinski definition) is 2. The summed E-state index contributed by atoms with van der Waals surface area (Å²) in [5, 5.41) is 19.4. The smallest absolute Gasteiger partial charge is 0.177 e. The van der Waals surface area contributed by atoms with Crippen LogP contribution in [0.2, 0.25) is 0 Å². The van der Waals surface area contributed by atoms with Crippen LogP contribution >= 0.6 is 0 Å². The number of carbonyl (C=O) groups excluding carboxylic acids is 1. The molecule has 0 aromatic heterocycles. The summed E-state index contributed by atoms with van der Waals surface area (Å²) in [5.74, 6) is 0.182. The number of fused-ring (bicyclic) bond motifs is 1. The Bertz CT molecular complexity index is 914. The van der Waals surface area contributed by atoms with E-state index in [9.17, 15) is 15.0 Å². The summed E-state index contributed by atoms with van der Waals surface area (Å²) in [4.78, 5) is 12.2. The highest BCUT2D eigenvalue weighted by molar-refractivity contribution is 6.03. The van der Waals surface area contributed by atoms with Gasteiger partial charge in [0.2, 0.25) is 0 Å². The van der Waals surface area contributed by atoms with Crippen LogP contribution in [-0.4, -0.2) is 16.0 Å². The number of rotatable bonds is 12. The molecule has 2 N–H and O–H groups in total. The Kier molecular flexibility index (Phi) is 11.5. The van der Waals surface area contributed by atoms with Crippen molar-refractivity contribution in [3.63, 3.8) is 0 Å². The van der Waals surface area contributed by atoms with Crippen molar-refractivity contribution in [1.82, 2.24) is 0 Å². The first-order chi connectivity index (χ1) is 15.6. The average molecular weight is 435 g/mol. The second kappa shape index (κ2) is 14.7. The van der Waals surface area contributed by atoms with Gasteiger partial charge in [-0.15, -0.1) is 0 Å². The molecule has 0 saturated heterocycles. The van der Waals surface area contributed by atoms with Gasteiger partial charge in [0.1, 0.15) is 28.6 Å². The molecule has 1 aromatic rings. The summed E-state index contributed by atoms with van der Waals surface area (Å²) >= 11 is 0. The number of aromatic hydroxyl groups is 2. The molecule has 0 radical (unpaired) electrons. The SMILES string of the molecule is CC/C=C\C/C=C\C/C=C\C/C=C\C/C=C\CC/C=C1\CC(=O)c2c(O)cc(O)cc2O1. The van der Waals surface area contributed by atoms with Crippen molar-refractivity contribution in [3.05, 3.63) is 90.3 Å². The monoisotopic (exact) mass is 434 g/mol. The Hall–Kier alpha value is -3.27. The zero-order chi connectivity index (χ0) is 23.0. The minimum Gasteiger partial charge on any atom is -0.508 e. The van der Waals surface area contributed by atoms with E-state index in [1.54, 1.807) is 0 Å². The minimum atomic E-state index is -0.247. The molecular weight excluding hydrogens is 400 g/mol. The highest BCUT2D eigenvalue weighted by atomic mass is 16.5. The molecule has 0 saturated carbocycles. The van der Waals surface area contributed by atoms with Crippen molar-refractivity contribution in [2.24, 2.45) is 0 Å². The summed E-state index contributed by atoms with van der Waals surface area (Å²) in [7, 11) is 0. The van der Waals surface area contributed by atoms with Gasteiger partial charge in [-0.1, -0.05) is 67.7 Å². The predicted molar refractivity (Wildman–Crippen MR) is 131 cm³/mol. The maximum Gasteiger partial charge on any atom is 0.177 e. The van der Waals surface area contributed by atoms with E-state index in [4.69, 9.17) is 4.74 Å². The molecule has 1 aliphatic rings. The quantitative estimate of drug-likeness (QED) is 0.264. The van der Waals surface area contributed by atoms with Crippen molar-refractivity contribution in [1.29, 1.82) is 0 Å². The third-order valence-corrected chi connectivity index (χ3v) is 4.78. The Morgan fingerprint density at radius 3 is 1.97 bits per heavy atom. The normalized spacial score (nSPS) is 15.8. The van der Waals surface area contributed by atoms with Gasteiger partial charge in [-0.3, -0.25) is 4.79 Å². The molecule has 0 aliphatic carbocycles. The summed E-state index contributed by atoms with van der Waals surface area (Å²) in [6.45, 7) is 2.14. The highest BCUT2D eigenvalue weighted by Gasteiger charge is 2.26. The zero-order valence-electron chi connectivity index (χ0n) is 18.9. The molecule has 2 rings (SSSR count). The van der Waals surface area contributed by atoms with Crippen LogP contribution in [0.3, 0.4) is 0 Å². The molecule has 0 atom stereocenters. The Morgan fingerprint density at radius 1 is 0.812 bits per heavy atom. The van der Waals surface area contributed by atoms with E-state index >= 15 is 0 Å². The predicted octanol–water partition coefficient (Wildman–Crippen LogP) is 7.48. The lowest BCUT2D eigenvalue weighted by Gasteiger charge is -2.19. The Labute approximate surface area is 191 Å². The molecule has 0 amide bonds. The topological polar surface area (TPSA) is 66.8 Å². The van der Waals surface area contributed by atoms with Gasteiger partial charge in [-0.2, -0.15) is 0 Å². The molecule has 0 unspecified atom stereocenters. The minimum absolute atomic E-state index is 0.122. The van der Waals surface area contributed by atoms with Gasteiger partial charge < -0.3 is 14.9 Å². The van der Waals surface area contributed by atoms with Gasteiger partial charge >= 0.3 is 0 Å². The van der Waals surface area contributed by atoms with Crippen LogP contribution in [0.15, 0.2) is 84.7 Å². The number of benzene rings is 1. The molecule has 0 bridgehead atoms. The van der Waals surface area contributed by atoms with Crippen LogP contribution in [0, 0.1) is 0 Å². The van der Waals surface area contributed by atoms with Gasteiger partial charge in [0.15, 0.2) is 5.78 Å². The molecule has 1 aromatic carbocycles. The second-order valence-electron chi connectivity index (χ2n) is 7.50. The summed E-state index contributed by atoms with van der Waals surface area (Å²) < 4.78 is 5.66. The van der Waals surface area contributed by atoms with Gasteiger partial charge in [-0.05, 0) is 51.0 Å². The average Bonchev–Trinajstić information content (AvgIpc) is 2.75. The molecule has 4 nitrogen and oxygen atoms in total. The van der Waals surface area contributed by atoms with Crippen LogP contribution in [0.5, 0.6) is 17.2 Å². The first kappa shape index (κ1) is 25.0. The number of ketones is 1. The summed E-state index contributed by atoms with van der Waals surface area (Å²) in [6, 6.07) is 2.50. The number of unbranched alkanes of at least 4 members (excludes halogenated alkanes) is 1. The zero-order valence-corrected chi connectivity index (χ0v) is 18.9. The van der Waals surface area contributed by atoms with Crippen LogP contribution in [-0.2, 0) is 0 Å². The Balaban J connectivity index is 1.61. The fourth-order valence-electron chi connectivity index (χ4n) is 3.19. The maximum absolute atomic E-state index is 12.2. The van der Waals surface area contributed by atoms with Crippen LogP contribution in [0.1, 0.15) is 68.6 Å². The lowest BCUT2D eigenvalue weighted by Crippen LogP contribution is -2.14. The van der Waals surface area contributed by atoms with Gasteiger partial charge in [0.25, 0.3) is 0 Å². The van der Waals surface area contributed by atoms with Crippen molar-refractivity contribution < 1.29 is 19.7 Å². The first-order valence-electron chi connectivity index (χ1n) is 11.3. The molecule has 32 heavy (non-hydrogen) atoms. The van der Waals surface area contributed by atoms with Crippen molar-refractivity contribution >= 4 is 5.78 Å². The van der Waals surface area contributed by atoms with E-state index in [0.717, 1.165) is 51.0 Å². The van der Waals surface area contributed by atoms with Gasteiger partial charge in [0, 0.05) is 12.1 Å². The molecule has 4 heteroatoms. The van der Waals surface area contributed by atoms with Crippen molar-refractivity contribution in [2.75, 3.05) is 0 Å². The summed E-state index contributed by atoms with van der Waals surface area (Å²) in [5.41, 5.74) is 0.137. The number of allylic oxidation sites excluding steroid dienone is 12. The van der Waals surface area contributed by atoms with E-state index in [1.165, 1.54) is 6.07 Å². The van der Waals surface area contributed by atoms with Crippen molar-refractivity contribution in [2.45, 2.75) is 58.3 Å². The fraction of sp³-hybridized carbons (Fsp3) is 0.321. The number of carbonyl (C=O) groups is 1. The lowest BCUT2D eigenvalue weighted by molar-refractivity contribution is 0.0960. The molecule has 1 aliphatic heterocycles. The van der Waals surface area contributed by atoms with E-state index in [2.05, 4.69) is 67.7 Å². The third-order valence-electron chi connectivity index (χ3n) is 4.78. The van der Waals surface area contributed by atoms with E-state index in [0.29, 0.717) is 5.76 Å². The highest BCUT2D eigenvalue weighted by Crippen LogP contribution is 2.38. The number of ether oxygens (including phenoxy) is 1. The van der Waals surface area contributed by atoms with Crippen LogP contribution in [0.4, 0.5) is 0 Å². The largest absolute Gasteiger partial charge is 0.508 e. The first-order valence-corrected chi connectivity index (χ1v) is 11.3. The summed E-state index contributed by atoms with van der Waals surface area (Å²) in [6.07, 6.45) is 30.3. The molecule has 1 heterocycles. The fourth-order valence-corrected chi connectivity index (χ4v) is 3.19. The molecule has 0 fully saturated rings. The number of hydrogen-bond acceptors (Lipinski definition) is 4. The standard InChI is InChI=1S/C28H34O4/c1-2-3-4-5-6-7-8-9-10-11-12-13-14-15-16-17-18-19-24-22-26(31)28-25(30)20-23(29)21-27(28)32-24/h3-4,6-7,9-10,12-13,15-16,19-21,29-30H,2,5,8,11,14,17-18,22H2,1H3/b4-3-,7-6-,10-9-,13-12-,16-15-,24-19+. The Morgan fingerprint density at radius 2 is 1.38 bits per heavy atom. The van der Waals surface area contributed by atoms with Gasteiger partial charge in [0.05, 0.1) is 6.42 Å². The second-order valence-corrected chi connectivity index (χ2v) is 7.50.